The number of nitrogens with zero attached hydrogens (tertiary/aromatic N) is 2. The van der Waals surface area contributed by atoms with Crippen LogP contribution in [0.3, 0.4) is 0 Å². The largest absolute Gasteiger partial charge is 0.322 e. The first-order valence-electron chi connectivity index (χ1n) is 5.49. The molecule has 2 heterocycles. The molecular weight excluding hydrogens is 218 g/mol. The molecule has 1 aromatic heterocycles. The number of pyridine rings is 1. The van der Waals surface area contributed by atoms with Crippen LogP contribution in [0.2, 0.25) is 0 Å². The van der Waals surface area contributed by atoms with Gasteiger partial charge >= 0.3 is 0 Å². The van der Waals surface area contributed by atoms with E-state index in [0.29, 0.717) is 6.42 Å². The number of nitrogens with one attached hydrogen (secondary N) is 3. The third-order valence-electron chi connectivity index (χ3n) is 2.34. The summed E-state index contributed by atoms with van der Waals surface area (Å²) < 4.78 is 0. The molecule has 2 rings (SSSR count). The SMILES string of the molecule is CC1CC(=O)NC(N/N=C/c2ccccn2)N1. The maximum Gasteiger partial charge on any atom is 0.224 e. The van der Waals surface area contributed by atoms with Gasteiger partial charge in [-0.25, -0.2) is 0 Å². The third-order valence-corrected chi connectivity index (χ3v) is 2.34. The number of carbonyl (C=O) groups is 1. The van der Waals surface area contributed by atoms with Crippen LogP contribution in [-0.4, -0.2) is 29.4 Å². The lowest BCUT2D eigenvalue weighted by molar-refractivity contribution is -0.124. The summed E-state index contributed by atoms with van der Waals surface area (Å²) >= 11 is 0. The summed E-state index contributed by atoms with van der Waals surface area (Å²) in [5.41, 5.74) is 3.58. The normalized spacial score (nSPS) is 24.6. The van der Waals surface area contributed by atoms with Crippen molar-refractivity contribution in [3.05, 3.63) is 30.1 Å². The molecule has 1 saturated heterocycles. The van der Waals surface area contributed by atoms with Crippen molar-refractivity contribution >= 4 is 12.1 Å². The smallest absolute Gasteiger partial charge is 0.224 e. The summed E-state index contributed by atoms with van der Waals surface area (Å²) in [6.45, 7) is 1.95. The van der Waals surface area contributed by atoms with E-state index in [9.17, 15) is 4.79 Å². The van der Waals surface area contributed by atoms with Gasteiger partial charge in [-0.1, -0.05) is 6.07 Å². The topological polar surface area (TPSA) is 78.4 Å². The Morgan fingerprint density at radius 1 is 1.59 bits per heavy atom. The summed E-state index contributed by atoms with van der Waals surface area (Å²) in [5, 5.41) is 9.91. The van der Waals surface area contributed by atoms with Crippen molar-refractivity contribution in [3.63, 3.8) is 0 Å². The minimum Gasteiger partial charge on any atom is -0.322 e. The number of hydrogen-bond donors (Lipinski definition) is 3. The number of aromatic nitrogens is 1. The molecule has 0 saturated carbocycles. The van der Waals surface area contributed by atoms with Crippen molar-refractivity contribution in [2.24, 2.45) is 5.10 Å². The second-order valence-corrected chi connectivity index (χ2v) is 3.91. The second-order valence-electron chi connectivity index (χ2n) is 3.91. The maximum absolute atomic E-state index is 11.3. The first-order valence-corrected chi connectivity index (χ1v) is 5.49. The number of hydrazone groups is 1. The summed E-state index contributed by atoms with van der Waals surface area (Å²) in [7, 11) is 0. The lowest BCUT2D eigenvalue weighted by Gasteiger charge is -2.28. The van der Waals surface area contributed by atoms with Gasteiger partial charge in [-0.3, -0.25) is 20.5 Å². The first kappa shape index (κ1) is 11.5. The summed E-state index contributed by atoms with van der Waals surface area (Å²) in [4.78, 5) is 15.4. The van der Waals surface area contributed by atoms with Gasteiger partial charge in [0.2, 0.25) is 5.91 Å². The van der Waals surface area contributed by atoms with Crippen LogP contribution in [0.25, 0.3) is 0 Å². The Balaban J connectivity index is 1.86. The van der Waals surface area contributed by atoms with E-state index in [-0.39, 0.29) is 18.2 Å². The van der Waals surface area contributed by atoms with Crippen LogP contribution >= 0.6 is 0 Å². The Morgan fingerprint density at radius 2 is 2.47 bits per heavy atom. The standard InChI is InChI=1S/C11H15N5O/c1-8-6-10(17)15-11(14-8)16-13-7-9-4-2-3-5-12-9/h2-5,7-8,11,14,16H,6H2,1H3,(H,15,17)/b13-7+. The van der Waals surface area contributed by atoms with Crippen molar-refractivity contribution < 1.29 is 4.79 Å². The highest BCUT2D eigenvalue weighted by Crippen LogP contribution is 1.97. The predicted molar refractivity (Wildman–Crippen MR) is 64.1 cm³/mol. The highest BCUT2D eigenvalue weighted by atomic mass is 16.2. The fraction of sp³-hybridized carbons (Fsp3) is 0.364. The number of hydrogen-bond acceptors (Lipinski definition) is 5. The predicted octanol–water partition coefficient (Wildman–Crippen LogP) is -0.213. The van der Waals surface area contributed by atoms with E-state index in [1.54, 1.807) is 12.4 Å². The Kier molecular flexibility index (Phi) is 3.66. The Bertz CT molecular complexity index is 406. The molecule has 2 atom stereocenters. The van der Waals surface area contributed by atoms with Crippen LogP contribution in [0.15, 0.2) is 29.5 Å². The summed E-state index contributed by atoms with van der Waals surface area (Å²) in [6, 6.07) is 5.72. The van der Waals surface area contributed by atoms with E-state index in [4.69, 9.17) is 0 Å². The lowest BCUT2D eigenvalue weighted by Crippen LogP contribution is -2.60. The highest BCUT2D eigenvalue weighted by Gasteiger charge is 2.21. The minimum absolute atomic E-state index is 0.0155. The van der Waals surface area contributed by atoms with Crippen LogP contribution in [0.4, 0.5) is 0 Å². The molecule has 90 valence electrons. The van der Waals surface area contributed by atoms with Crippen LogP contribution in [-0.2, 0) is 4.79 Å². The first-order chi connectivity index (χ1) is 8.24. The molecule has 0 spiro atoms. The zero-order valence-corrected chi connectivity index (χ0v) is 9.55. The van der Waals surface area contributed by atoms with E-state index in [1.165, 1.54) is 0 Å². The molecule has 3 N–H and O–H groups in total. The minimum atomic E-state index is -0.328. The van der Waals surface area contributed by atoms with Gasteiger partial charge < -0.3 is 5.32 Å². The van der Waals surface area contributed by atoms with Gasteiger partial charge in [0, 0.05) is 18.7 Å². The third kappa shape index (κ3) is 3.53. The van der Waals surface area contributed by atoms with E-state index in [0.717, 1.165) is 5.69 Å². The van der Waals surface area contributed by atoms with Gasteiger partial charge in [0.15, 0.2) is 6.29 Å². The maximum atomic E-state index is 11.3. The van der Waals surface area contributed by atoms with Gasteiger partial charge in [-0.05, 0) is 19.1 Å². The van der Waals surface area contributed by atoms with Crippen molar-refractivity contribution in [1.29, 1.82) is 0 Å². The van der Waals surface area contributed by atoms with E-state index < -0.39 is 0 Å². The monoisotopic (exact) mass is 233 g/mol. The molecule has 0 radical (unpaired) electrons. The van der Waals surface area contributed by atoms with Crippen molar-refractivity contribution in [2.75, 3.05) is 0 Å². The molecular formula is C11H15N5O. The zero-order valence-electron chi connectivity index (χ0n) is 9.55. The molecule has 17 heavy (non-hydrogen) atoms. The van der Waals surface area contributed by atoms with E-state index >= 15 is 0 Å². The van der Waals surface area contributed by atoms with Gasteiger partial charge in [0.05, 0.1) is 11.9 Å². The quantitative estimate of drug-likeness (QED) is 0.498. The van der Waals surface area contributed by atoms with Crippen LogP contribution in [0.1, 0.15) is 19.0 Å². The Morgan fingerprint density at radius 3 is 3.18 bits per heavy atom. The number of amides is 1. The fourth-order valence-electron chi connectivity index (χ4n) is 1.58. The van der Waals surface area contributed by atoms with Crippen molar-refractivity contribution in [1.82, 2.24) is 21.0 Å². The van der Waals surface area contributed by atoms with Crippen LogP contribution in [0, 0.1) is 0 Å². The number of rotatable bonds is 3. The van der Waals surface area contributed by atoms with Gasteiger partial charge in [-0.2, -0.15) is 5.10 Å². The van der Waals surface area contributed by atoms with Crippen LogP contribution in [0.5, 0.6) is 0 Å². The summed E-state index contributed by atoms with van der Waals surface area (Å²) in [5.74, 6) is 0.0155. The lowest BCUT2D eigenvalue weighted by atomic mass is 10.2. The average molecular weight is 233 g/mol. The Hall–Kier alpha value is -1.95. The summed E-state index contributed by atoms with van der Waals surface area (Å²) in [6.07, 6.45) is 3.46. The molecule has 0 aliphatic carbocycles. The molecule has 1 amide bonds. The van der Waals surface area contributed by atoms with Crippen molar-refractivity contribution in [3.8, 4) is 0 Å². The van der Waals surface area contributed by atoms with Crippen LogP contribution < -0.4 is 16.1 Å². The van der Waals surface area contributed by atoms with Gasteiger partial charge in [0.1, 0.15) is 0 Å². The highest BCUT2D eigenvalue weighted by molar-refractivity contribution is 5.78. The fourth-order valence-corrected chi connectivity index (χ4v) is 1.58. The molecule has 1 aliphatic rings. The number of carbonyl (C=O) groups excluding carboxylic acids is 1. The molecule has 6 heteroatoms. The molecule has 0 bridgehead atoms. The molecule has 1 aromatic rings. The van der Waals surface area contributed by atoms with Gasteiger partial charge in [-0.15, -0.1) is 0 Å². The molecule has 2 unspecified atom stereocenters. The average Bonchev–Trinajstić information content (AvgIpc) is 2.29. The molecule has 1 aliphatic heterocycles. The van der Waals surface area contributed by atoms with Gasteiger partial charge in [0.25, 0.3) is 0 Å². The zero-order chi connectivity index (χ0) is 12.1. The molecule has 6 nitrogen and oxygen atoms in total. The van der Waals surface area contributed by atoms with E-state index in [1.807, 2.05) is 25.1 Å². The molecule has 0 aromatic carbocycles. The Labute approximate surface area is 99.5 Å². The molecule has 1 fully saturated rings. The second kappa shape index (κ2) is 5.40. The van der Waals surface area contributed by atoms with Crippen molar-refractivity contribution in [2.45, 2.75) is 25.7 Å². The van der Waals surface area contributed by atoms with E-state index in [2.05, 4.69) is 26.1 Å².